The highest BCUT2D eigenvalue weighted by Crippen LogP contribution is 2.27. The van der Waals surface area contributed by atoms with Gasteiger partial charge in [-0.15, -0.1) is 0 Å². The molecule has 5 rings (SSSR count). The molecule has 3 aromatic rings. The number of fused-ring (bicyclic) bond motifs is 1. The summed E-state index contributed by atoms with van der Waals surface area (Å²) in [5.41, 5.74) is 3.23. The number of para-hydroxylation sites is 1. The van der Waals surface area contributed by atoms with Crippen molar-refractivity contribution in [2.75, 3.05) is 49.1 Å². The monoisotopic (exact) mass is 446 g/mol. The minimum Gasteiger partial charge on any atom is -0.354 e. The van der Waals surface area contributed by atoms with Gasteiger partial charge >= 0.3 is 0 Å². The van der Waals surface area contributed by atoms with Gasteiger partial charge in [-0.3, -0.25) is 9.69 Å². The van der Waals surface area contributed by atoms with Crippen molar-refractivity contribution >= 4 is 17.4 Å². The largest absolute Gasteiger partial charge is 0.354 e. The fraction of sp³-hybridized carbons (Fsp3) is 0.440. The van der Waals surface area contributed by atoms with Crippen molar-refractivity contribution in [1.82, 2.24) is 20.0 Å². The Bertz CT molecular complexity index is 1120. The van der Waals surface area contributed by atoms with Crippen LogP contribution in [0, 0.1) is 0 Å². The van der Waals surface area contributed by atoms with Gasteiger partial charge in [0.2, 0.25) is 5.91 Å². The number of carbonyl (C=O) groups is 1. The molecule has 1 aromatic carbocycles. The van der Waals surface area contributed by atoms with Gasteiger partial charge in [-0.1, -0.05) is 37.2 Å². The second kappa shape index (κ2) is 9.31. The molecule has 8 heteroatoms. The normalized spacial score (nSPS) is 16.8. The molecule has 0 atom stereocenters. The molecule has 0 spiro atoms. The number of hydrogen-bond donors (Lipinski definition) is 0. The highest BCUT2D eigenvalue weighted by molar-refractivity contribution is 5.96. The first-order valence-corrected chi connectivity index (χ1v) is 11.7. The van der Waals surface area contributed by atoms with Crippen LogP contribution in [0.2, 0.25) is 0 Å². The second-order valence-electron chi connectivity index (χ2n) is 9.06. The molecule has 0 aliphatic carbocycles. The molecule has 2 aromatic heterocycles. The van der Waals surface area contributed by atoms with E-state index in [-0.39, 0.29) is 11.8 Å². The number of benzene rings is 1. The highest BCUT2D eigenvalue weighted by atomic mass is 16.5. The van der Waals surface area contributed by atoms with Crippen LogP contribution in [0.5, 0.6) is 0 Å². The van der Waals surface area contributed by atoms with E-state index in [9.17, 15) is 4.79 Å². The maximum Gasteiger partial charge on any atom is 0.258 e. The molecule has 0 radical (unpaired) electrons. The molecule has 1 fully saturated rings. The minimum atomic E-state index is 0.188. The second-order valence-corrected chi connectivity index (χ2v) is 9.06. The minimum absolute atomic E-state index is 0.188. The Morgan fingerprint density at radius 3 is 2.70 bits per heavy atom. The average molecular weight is 447 g/mol. The maximum absolute atomic E-state index is 13.1. The van der Waals surface area contributed by atoms with Gasteiger partial charge in [-0.05, 0) is 36.6 Å². The number of rotatable bonds is 5. The van der Waals surface area contributed by atoms with Gasteiger partial charge in [0.05, 0.1) is 6.54 Å². The topological polar surface area (TPSA) is 78.6 Å². The maximum atomic E-state index is 13.1. The van der Waals surface area contributed by atoms with Crippen LogP contribution in [0.1, 0.15) is 37.6 Å². The summed E-state index contributed by atoms with van der Waals surface area (Å²) >= 11 is 0. The van der Waals surface area contributed by atoms with Crippen LogP contribution >= 0.6 is 0 Å². The predicted molar refractivity (Wildman–Crippen MR) is 127 cm³/mol. The van der Waals surface area contributed by atoms with E-state index < -0.39 is 0 Å². The van der Waals surface area contributed by atoms with E-state index in [0.717, 1.165) is 62.6 Å². The number of nitrogens with zero attached hydrogens (tertiary/aromatic N) is 6. The zero-order chi connectivity index (χ0) is 22.8. The SMILES string of the molecule is CC(C)c1noc(-c2ccnc(N3CCN(CC(=O)N4CCCc5ccccc54)CC3)c2)n1. The smallest absolute Gasteiger partial charge is 0.258 e. The molecule has 1 amide bonds. The van der Waals surface area contributed by atoms with Crippen LogP contribution in [0.15, 0.2) is 47.1 Å². The molecular formula is C25H30N6O2. The molecule has 2 aliphatic rings. The summed E-state index contributed by atoms with van der Waals surface area (Å²) in [6.07, 6.45) is 3.86. The van der Waals surface area contributed by atoms with Crippen molar-refractivity contribution < 1.29 is 9.32 Å². The standard InChI is InChI=1S/C25H30N6O2/c1-18(2)24-27-25(33-28-24)20-9-10-26-22(16-20)30-14-12-29(13-15-30)17-23(32)31-11-5-7-19-6-3-4-8-21(19)31/h3-4,6,8-10,16,18H,5,7,11-15,17H2,1-2H3. The third kappa shape index (κ3) is 4.61. The van der Waals surface area contributed by atoms with Crippen molar-refractivity contribution in [3.8, 4) is 11.5 Å². The molecule has 0 N–H and O–H groups in total. The van der Waals surface area contributed by atoms with Gasteiger partial charge in [-0.2, -0.15) is 4.98 Å². The lowest BCUT2D eigenvalue weighted by atomic mass is 10.0. The van der Waals surface area contributed by atoms with Crippen molar-refractivity contribution in [3.05, 3.63) is 54.0 Å². The van der Waals surface area contributed by atoms with Crippen molar-refractivity contribution in [2.24, 2.45) is 0 Å². The highest BCUT2D eigenvalue weighted by Gasteiger charge is 2.26. The zero-order valence-electron chi connectivity index (χ0n) is 19.3. The summed E-state index contributed by atoms with van der Waals surface area (Å²) in [4.78, 5) is 28.6. The Hall–Kier alpha value is -3.26. The van der Waals surface area contributed by atoms with Crippen LogP contribution in [-0.2, 0) is 11.2 Å². The first-order valence-electron chi connectivity index (χ1n) is 11.7. The summed E-state index contributed by atoms with van der Waals surface area (Å²) in [6, 6.07) is 12.2. The van der Waals surface area contributed by atoms with Crippen LogP contribution in [0.25, 0.3) is 11.5 Å². The number of anilines is 2. The van der Waals surface area contributed by atoms with Gasteiger partial charge in [0.15, 0.2) is 5.82 Å². The fourth-order valence-corrected chi connectivity index (χ4v) is 4.52. The van der Waals surface area contributed by atoms with Gasteiger partial charge in [0, 0.05) is 56.1 Å². The summed E-state index contributed by atoms with van der Waals surface area (Å²) in [7, 11) is 0. The van der Waals surface area contributed by atoms with E-state index in [4.69, 9.17) is 4.52 Å². The Morgan fingerprint density at radius 1 is 1.09 bits per heavy atom. The van der Waals surface area contributed by atoms with E-state index >= 15 is 0 Å². The van der Waals surface area contributed by atoms with Gasteiger partial charge in [-0.25, -0.2) is 4.98 Å². The van der Waals surface area contributed by atoms with Crippen LogP contribution in [-0.4, -0.2) is 65.2 Å². The number of hydrogen-bond acceptors (Lipinski definition) is 7. The third-order valence-electron chi connectivity index (χ3n) is 6.42. The molecule has 0 saturated carbocycles. The molecule has 8 nitrogen and oxygen atoms in total. The number of pyridine rings is 1. The molecule has 4 heterocycles. The summed E-state index contributed by atoms with van der Waals surface area (Å²) < 4.78 is 5.44. The first-order chi connectivity index (χ1) is 16.1. The zero-order valence-corrected chi connectivity index (χ0v) is 19.3. The predicted octanol–water partition coefficient (Wildman–Crippen LogP) is 3.36. The van der Waals surface area contributed by atoms with Gasteiger partial charge in [0.25, 0.3) is 5.89 Å². The molecule has 1 saturated heterocycles. The number of carbonyl (C=O) groups excluding carboxylic acids is 1. The lowest BCUT2D eigenvalue weighted by molar-refractivity contribution is -0.119. The number of aromatic nitrogens is 3. The average Bonchev–Trinajstić information content (AvgIpc) is 3.35. The number of piperazine rings is 1. The molecule has 172 valence electrons. The Morgan fingerprint density at radius 2 is 1.91 bits per heavy atom. The Balaban J connectivity index is 1.20. The van der Waals surface area contributed by atoms with Gasteiger partial charge in [0.1, 0.15) is 5.82 Å². The van der Waals surface area contributed by atoms with Crippen molar-refractivity contribution in [1.29, 1.82) is 0 Å². The summed E-state index contributed by atoms with van der Waals surface area (Å²) in [6.45, 7) is 8.64. The quantitative estimate of drug-likeness (QED) is 0.595. The fourth-order valence-electron chi connectivity index (χ4n) is 4.52. The van der Waals surface area contributed by atoms with Crippen molar-refractivity contribution in [2.45, 2.75) is 32.6 Å². The molecule has 2 aliphatic heterocycles. The van der Waals surface area contributed by atoms with E-state index in [0.29, 0.717) is 18.3 Å². The van der Waals surface area contributed by atoms with Crippen LogP contribution in [0.4, 0.5) is 11.5 Å². The molecule has 0 bridgehead atoms. The van der Waals surface area contributed by atoms with Crippen LogP contribution in [0.3, 0.4) is 0 Å². The van der Waals surface area contributed by atoms with E-state index in [1.54, 1.807) is 6.20 Å². The summed E-state index contributed by atoms with van der Waals surface area (Å²) in [5, 5.41) is 4.06. The molecule has 0 unspecified atom stereocenters. The number of aryl methyl sites for hydroxylation is 1. The van der Waals surface area contributed by atoms with Crippen LogP contribution < -0.4 is 9.80 Å². The Labute approximate surface area is 194 Å². The third-order valence-corrected chi connectivity index (χ3v) is 6.42. The molecular weight excluding hydrogens is 416 g/mol. The lowest BCUT2D eigenvalue weighted by Gasteiger charge is -2.37. The lowest BCUT2D eigenvalue weighted by Crippen LogP contribution is -2.51. The Kier molecular flexibility index (Phi) is 6.09. The number of amides is 1. The van der Waals surface area contributed by atoms with Gasteiger partial charge < -0.3 is 14.3 Å². The van der Waals surface area contributed by atoms with E-state index in [2.05, 4.69) is 43.1 Å². The van der Waals surface area contributed by atoms with E-state index in [1.165, 1.54) is 5.56 Å². The molecule has 33 heavy (non-hydrogen) atoms. The van der Waals surface area contributed by atoms with E-state index in [1.807, 2.05) is 36.9 Å². The van der Waals surface area contributed by atoms with Crippen molar-refractivity contribution in [3.63, 3.8) is 0 Å². The summed E-state index contributed by atoms with van der Waals surface area (Å²) in [5.74, 6) is 2.53. The first kappa shape index (κ1) is 21.6.